The number of hydrogen-bond donors (Lipinski definition) is 1. The molecule has 0 amide bonds. The number of piperidine rings is 1. The van der Waals surface area contributed by atoms with Crippen molar-refractivity contribution >= 4 is 17.1 Å². The van der Waals surface area contributed by atoms with Crippen LogP contribution in [-0.4, -0.2) is 26.7 Å². The number of nitrogen functional groups attached to an aromatic ring is 1. The summed E-state index contributed by atoms with van der Waals surface area (Å²) < 4.78 is 0. The van der Waals surface area contributed by atoms with Crippen molar-refractivity contribution in [2.24, 2.45) is 0 Å². The first-order valence-corrected chi connectivity index (χ1v) is 6.97. The molecule has 1 aromatic rings. The summed E-state index contributed by atoms with van der Waals surface area (Å²) in [5.74, 6) is 0. The zero-order chi connectivity index (χ0) is 13.1. The highest BCUT2D eigenvalue weighted by atomic mass is 15.2. The van der Waals surface area contributed by atoms with Gasteiger partial charge < -0.3 is 15.5 Å². The third-order valence-electron chi connectivity index (χ3n) is 3.94. The standard InChI is InChI=1S/C15H25N3/c1-4-12-7-5-6-10-18(12)15-9-8-13(17(2)3)11-14(15)16/h8-9,11-12H,4-7,10,16H2,1-3H3. The molecule has 2 rings (SSSR count). The molecular weight excluding hydrogens is 222 g/mol. The molecule has 3 nitrogen and oxygen atoms in total. The number of nitrogens with two attached hydrogens (primary N) is 1. The summed E-state index contributed by atoms with van der Waals surface area (Å²) in [6.07, 6.45) is 5.14. The lowest BCUT2D eigenvalue weighted by molar-refractivity contribution is 0.450. The summed E-state index contributed by atoms with van der Waals surface area (Å²) in [5.41, 5.74) is 9.53. The van der Waals surface area contributed by atoms with Crippen LogP contribution < -0.4 is 15.5 Å². The first-order chi connectivity index (χ1) is 8.63. The Bertz CT molecular complexity index is 401. The third kappa shape index (κ3) is 2.55. The number of nitrogens with zero attached hydrogens (tertiary/aromatic N) is 2. The summed E-state index contributed by atoms with van der Waals surface area (Å²) in [7, 11) is 4.09. The molecule has 0 radical (unpaired) electrons. The molecule has 1 atom stereocenters. The Kier molecular flexibility index (Phi) is 4.00. The summed E-state index contributed by atoms with van der Waals surface area (Å²) in [4.78, 5) is 4.59. The summed E-state index contributed by atoms with van der Waals surface area (Å²) >= 11 is 0. The van der Waals surface area contributed by atoms with Crippen LogP contribution in [0, 0.1) is 0 Å². The smallest absolute Gasteiger partial charge is 0.0603 e. The summed E-state index contributed by atoms with van der Waals surface area (Å²) in [6, 6.07) is 7.08. The third-order valence-corrected chi connectivity index (χ3v) is 3.94. The topological polar surface area (TPSA) is 32.5 Å². The Morgan fingerprint density at radius 3 is 2.72 bits per heavy atom. The molecule has 2 N–H and O–H groups in total. The molecule has 1 fully saturated rings. The zero-order valence-electron chi connectivity index (χ0n) is 11.8. The van der Waals surface area contributed by atoms with Crippen LogP contribution in [0.1, 0.15) is 32.6 Å². The first kappa shape index (κ1) is 13.1. The van der Waals surface area contributed by atoms with Crippen LogP contribution in [0.2, 0.25) is 0 Å². The quantitative estimate of drug-likeness (QED) is 0.833. The minimum absolute atomic E-state index is 0.659. The molecule has 0 aromatic heterocycles. The van der Waals surface area contributed by atoms with Crippen molar-refractivity contribution < 1.29 is 0 Å². The van der Waals surface area contributed by atoms with Gasteiger partial charge in [-0.2, -0.15) is 0 Å². The Balaban J connectivity index is 2.26. The Labute approximate surface area is 111 Å². The van der Waals surface area contributed by atoms with E-state index in [4.69, 9.17) is 5.73 Å². The highest BCUT2D eigenvalue weighted by molar-refractivity contribution is 5.73. The summed E-state index contributed by atoms with van der Waals surface area (Å²) in [5, 5.41) is 0. The fourth-order valence-electron chi connectivity index (χ4n) is 2.82. The van der Waals surface area contributed by atoms with Gasteiger partial charge in [0, 0.05) is 32.4 Å². The molecule has 3 heteroatoms. The van der Waals surface area contributed by atoms with Crippen molar-refractivity contribution in [2.45, 2.75) is 38.6 Å². The monoisotopic (exact) mass is 247 g/mol. The van der Waals surface area contributed by atoms with E-state index in [0.717, 1.165) is 12.2 Å². The maximum absolute atomic E-state index is 6.24. The molecule has 18 heavy (non-hydrogen) atoms. The van der Waals surface area contributed by atoms with Crippen LogP contribution in [-0.2, 0) is 0 Å². The van der Waals surface area contributed by atoms with E-state index in [-0.39, 0.29) is 0 Å². The number of hydrogen-bond acceptors (Lipinski definition) is 3. The molecule has 1 saturated heterocycles. The lowest BCUT2D eigenvalue weighted by atomic mass is 9.98. The fraction of sp³-hybridized carbons (Fsp3) is 0.600. The average molecular weight is 247 g/mol. The van der Waals surface area contributed by atoms with Gasteiger partial charge in [-0.15, -0.1) is 0 Å². The van der Waals surface area contributed by atoms with Crippen molar-refractivity contribution in [3.05, 3.63) is 18.2 Å². The second kappa shape index (κ2) is 5.51. The van der Waals surface area contributed by atoms with Gasteiger partial charge >= 0.3 is 0 Å². The highest BCUT2D eigenvalue weighted by Crippen LogP contribution is 2.33. The van der Waals surface area contributed by atoms with E-state index in [2.05, 4.69) is 34.9 Å². The summed E-state index contributed by atoms with van der Waals surface area (Å²) in [6.45, 7) is 3.41. The van der Waals surface area contributed by atoms with Crippen LogP contribution in [0.25, 0.3) is 0 Å². The van der Waals surface area contributed by atoms with Gasteiger partial charge in [-0.05, 0) is 43.9 Å². The predicted octanol–water partition coefficient (Wildman–Crippen LogP) is 3.10. The molecule has 0 aliphatic carbocycles. The predicted molar refractivity (Wildman–Crippen MR) is 80.5 cm³/mol. The maximum atomic E-state index is 6.24. The molecular formula is C15H25N3. The van der Waals surface area contributed by atoms with Gasteiger partial charge in [-0.1, -0.05) is 6.92 Å². The van der Waals surface area contributed by atoms with Crippen LogP contribution >= 0.6 is 0 Å². The van der Waals surface area contributed by atoms with Crippen LogP contribution in [0.5, 0.6) is 0 Å². The van der Waals surface area contributed by atoms with Crippen molar-refractivity contribution in [1.82, 2.24) is 0 Å². The molecule has 1 aliphatic heterocycles. The minimum atomic E-state index is 0.659. The van der Waals surface area contributed by atoms with Gasteiger partial charge in [0.15, 0.2) is 0 Å². The number of rotatable bonds is 3. The molecule has 0 spiro atoms. The number of anilines is 3. The molecule has 0 saturated carbocycles. The van der Waals surface area contributed by atoms with E-state index >= 15 is 0 Å². The van der Waals surface area contributed by atoms with Gasteiger partial charge in [0.1, 0.15) is 0 Å². The normalized spacial score (nSPS) is 19.9. The molecule has 1 aliphatic rings. The molecule has 0 bridgehead atoms. The second-order valence-corrected chi connectivity index (χ2v) is 5.39. The lowest BCUT2D eigenvalue weighted by Crippen LogP contribution is -2.39. The van der Waals surface area contributed by atoms with E-state index in [0.29, 0.717) is 6.04 Å². The van der Waals surface area contributed by atoms with E-state index < -0.39 is 0 Å². The van der Waals surface area contributed by atoms with Crippen LogP contribution in [0.3, 0.4) is 0 Å². The van der Waals surface area contributed by atoms with E-state index in [1.165, 1.54) is 37.1 Å². The lowest BCUT2D eigenvalue weighted by Gasteiger charge is -2.38. The van der Waals surface area contributed by atoms with Gasteiger partial charge in [-0.3, -0.25) is 0 Å². The largest absolute Gasteiger partial charge is 0.397 e. The SMILES string of the molecule is CCC1CCCCN1c1ccc(N(C)C)cc1N. The van der Waals surface area contributed by atoms with Crippen molar-refractivity contribution in [3.63, 3.8) is 0 Å². The fourth-order valence-corrected chi connectivity index (χ4v) is 2.82. The molecule has 1 heterocycles. The maximum Gasteiger partial charge on any atom is 0.0603 e. The zero-order valence-corrected chi connectivity index (χ0v) is 11.8. The minimum Gasteiger partial charge on any atom is -0.397 e. The van der Waals surface area contributed by atoms with Crippen molar-refractivity contribution in [3.8, 4) is 0 Å². The first-order valence-electron chi connectivity index (χ1n) is 6.97. The molecule has 100 valence electrons. The Morgan fingerprint density at radius 2 is 2.11 bits per heavy atom. The second-order valence-electron chi connectivity index (χ2n) is 5.39. The Hall–Kier alpha value is -1.38. The van der Waals surface area contributed by atoms with Gasteiger partial charge in [0.2, 0.25) is 0 Å². The van der Waals surface area contributed by atoms with Crippen molar-refractivity contribution in [2.75, 3.05) is 36.2 Å². The van der Waals surface area contributed by atoms with Crippen molar-refractivity contribution in [1.29, 1.82) is 0 Å². The van der Waals surface area contributed by atoms with Crippen LogP contribution in [0.15, 0.2) is 18.2 Å². The Morgan fingerprint density at radius 1 is 1.33 bits per heavy atom. The van der Waals surface area contributed by atoms with E-state index in [1.54, 1.807) is 0 Å². The molecule has 1 unspecified atom stereocenters. The van der Waals surface area contributed by atoms with Gasteiger partial charge in [0.25, 0.3) is 0 Å². The van der Waals surface area contributed by atoms with Gasteiger partial charge in [-0.25, -0.2) is 0 Å². The van der Waals surface area contributed by atoms with E-state index in [1.807, 2.05) is 14.1 Å². The van der Waals surface area contributed by atoms with Gasteiger partial charge in [0.05, 0.1) is 11.4 Å². The number of benzene rings is 1. The molecule has 1 aromatic carbocycles. The van der Waals surface area contributed by atoms with Crippen LogP contribution in [0.4, 0.5) is 17.1 Å². The average Bonchev–Trinajstić information content (AvgIpc) is 2.38. The highest BCUT2D eigenvalue weighted by Gasteiger charge is 2.22. The van der Waals surface area contributed by atoms with E-state index in [9.17, 15) is 0 Å².